The van der Waals surface area contributed by atoms with Crippen molar-refractivity contribution in [3.05, 3.63) is 35.9 Å². The van der Waals surface area contributed by atoms with Crippen LogP contribution < -0.4 is 0 Å². The van der Waals surface area contributed by atoms with Gasteiger partial charge in [-0.3, -0.25) is 4.79 Å². The van der Waals surface area contributed by atoms with Crippen molar-refractivity contribution in [2.75, 3.05) is 0 Å². The van der Waals surface area contributed by atoms with Crippen molar-refractivity contribution in [3.63, 3.8) is 0 Å². The van der Waals surface area contributed by atoms with Gasteiger partial charge in [0.1, 0.15) is 5.78 Å². The Hall–Kier alpha value is -1.11. The van der Waals surface area contributed by atoms with E-state index in [-0.39, 0.29) is 5.92 Å². The third-order valence-corrected chi connectivity index (χ3v) is 4.01. The van der Waals surface area contributed by atoms with Gasteiger partial charge in [-0.25, -0.2) is 0 Å². The fraction of sp³-hybridized carbons (Fsp3) is 0.588. The van der Waals surface area contributed by atoms with Crippen LogP contribution in [0.5, 0.6) is 0 Å². The highest BCUT2D eigenvalue weighted by Crippen LogP contribution is 2.27. The number of rotatable bonds is 1. The summed E-state index contributed by atoms with van der Waals surface area (Å²) in [5, 5.41) is 0. The minimum Gasteiger partial charge on any atom is -0.299 e. The molecule has 1 aliphatic rings. The van der Waals surface area contributed by atoms with Gasteiger partial charge in [0.05, 0.1) is 0 Å². The van der Waals surface area contributed by atoms with Gasteiger partial charge in [0.2, 0.25) is 0 Å². The average molecular weight is 244 g/mol. The maximum atomic E-state index is 12.3. The van der Waals surface area contributed by atoms with Gasteiger partial charge >= 0.3 is 0 Å². The Labute approximate surface area is 111 Å². The van der Waals surface area contributed by atoms with Gasteiger partial charge in [0, 0.05) is 12.3 Å². The molecule has 0 N–H and O–H groups in total. The van der Waals surface area contributed by atoms with Gasteiger partial charge in [-0.1, -0.05) is 68.9 Å². The van der Waals surface area contributed by atoms with E-state index < -0.39 is 0 Å². The van der Waals surface area contributed by atoms with Crippen molar-refractivity contribution in [1.82, 2.24) is 0 Å². The van der Waals surface area contributed by atoms with E-state index in [4.69, 9.17) is 0 Å². The number of hydrogen-bond acceptors (Lipinski definition) is 1. The monoisotopic (exact) mass is 244 g/mol. The summed E-state index contributed by atoms with van der Waals surface area (Å²) in [5.41, 5.74) is 1.22. The largest absolute Gasteiger partial charge is 0.299 e. The lowest BCUT2D eigenvalue weighted by atomic mass is 9.88. The van der Waals surface area contributed by atoms with E-state index >= 15 is 0 Å². The first kappa shape index (κ1) is 13.3. The van der Waals surface area contributed by atoms with Crippen LogP contribution in [-0.2, 0) is 4.79 Å². The number of carbonyl (C=O) groups is 1. The van der Waals surface area contributed by atoms with Gasteiger partial charge in [-0.05, 0) is 18.4 Å². The summed E-state index contributed by atoms with van der Waals surface area (Å²) in [6.07, 6.45) is 10.6. The minimum absolute atomic E-state index is 0.157. The molecule has 98 valence electrons. The van der Waals surface area contributed by atoms with E-state index in [2.05, 4.69) is 12.1 Å². The van der Waals surface area contributed by atoms with Crippen LogP contribution in [0.2, 0.25) is 0 Å². The van der Waals surface area contributed by atoms with Crippen LogP contribution in [0.3, 0.4) is 0 Å². The van der Waals surface area contributed by atoms with E-state index in [0.29, 0.717) is 5.78 Å². The second-order valence-corrected chi connectivity index (χ2v) is 5.44. The van der Waals surface area contributed by atoms with Crippen LogP contribution in [0.25, 0.3) is 0 Å². The Morgan fingerprint density at radius 2 is 1.39 bits per heavy atom. The van der Waals surface area contributed by atoms with Crippen molar-refractivity contribution in [2.45, 2.75) is 63.7 Å². The van der Waals surface area contributed by atoms with E-state index in [1.165, 1.54) is 44.1 Å². The van der Waals surface area contributed by atoms with Crippen LogP contribution in [0, 0.1) is 0 Å². The van der Waals surface area contributed by atoms with Crippen molar-refractivity contribution in [3.8, 4) is 0 Å². The minimum atomic E-state index is 0.157. The first-order valence-electron chi connectivity index (χ1n) is 7.45. The van der Waals surface area contributed by atoms with Crippen LogP contribution in [0.1, 0.15) is 69.3 Å². The molecular weight excluding hydrogens is 220 g/mol. The predicted octanol–water partition coefficient (Wildman–Crippen LogP) is 4.86. The predicted molar refractivity (Wildman–Crippen MR) is 75.7 cm³/mol. The average Bonchev–Trinajstić information content (AvgIpc) is 2.45. The highest BCUT2D eigenvalue weighted by Gasteiger charge is 2.19. The molecule has 0 saturated heterocycles. The zero-order valence-corrected chi connectivity index (χ0v) is 11.2. The quantitative estimate of drug-likeness (QED) is 0.689. The molecule has 1 aliphatic carbocycles. The lowest BCUT2D eigenvalue weighted by Gasteiger charge is -2.15. The topological polar surface area (TPSA) is 17.1 Å². The molecule has 1 nitrogen and oxygen atoms in total. The Morgan fingerprint density at radius 1 is 0.778 bits per heavy atom. The number of benzene rings is 1. The van der Waals surface area contributed by atoms with Crippen molar-refractivity contribution < 1.29 is 4.79 Å². The van der Waals surface area contributed by atoms with Crippen LogP contribution in [-0.4, -0.2) is 5.78 Å². The standard InChI is InChI=1S/C17H24O/c18-17-14-10-5-3-1-2-4-9-13-16(17)15-11-7-6-8-12-15/h6-8,11-12,16H,1-5,9-10,13-14H2. The van der Waals surface area contributed by atoms with E-state index in [1.54, 1.807) is 0 Å². The molecule has 1 aromatic rings. The molecule has 1 heteroatoms. The number of ketones is 1. The number of carbonyl (C=O) groups excluding carboxylic acids is 1. The third kappa shape index (κ3) is 3.97. The summed E-state index contributed by atoms with van der Waals surface area (Å²) >= 11 is 0. The molecule has 0 radical (unpaired) electrons. The summed E-state index contributed by atoms with van der Waals surface area (Å²) in [7, 11) is 0. The SMILES string of the molecule is O=C1CCCCCCCCCC1c1ccccc1. The smallest absolute Gasteiger partial charge is 0.140 e. The molecule has 1 atom stereocenters. The fourth-order valence-corrected chi connectivity index (χ4v) is 2.90. The molecular formula is C17H24O. The molecule has 0 spiro atoms. The highest BCUT2D eigenvalue weighted by atomic mass is 16.1. The third-order valence-electron chi connectivity index (χ3n) is 4.01. The zero-order valence-electron chi connectivity index (χ0n) is 11.2. The van der Waals surface area contributed by atoms with Gasteiger partial charge in [0.25, 0.3) is 0 Å². The first-order chi connectivity index (χ1) is 8.88. The Balaban J connectivity index is 2.05. The summed E-state index contributed by atoms with van der Waals surface area (Å²) in [5.74, 6) is 0.618. The second-order valence-electron chi connectivity index (χ2n) is 5.44. The van der Waals surface area contributed by atoms with Crippen molar-refractivity contribution in [2.24, 2.45) is 0 Å². The number of Topliss-reactive ketones (excluding diaryl/α,β-unsaturated/α-hetero) is 1. The normalized spacial score (nSPS) is 23.3. The maximum absolute atomic E-state index is 12.3. The molecule has 1 aromatic carbocycles. The summed E-state index contributed by atoms with van der Waals surface area (Å²) in [6.45, 7) is 0. The molecule has 18 heavy (non-hydrogen) atoms. The van der Waals surface area contributed by atoms with Gasteiger partial charge in [0.15, 0.2) is 0 Å². The van der Waals surface area contributed by atoms with Gasteiger partial charge in [-0.2, -0.15) is 0 Å². The summed E-state index contributed by atoms with van der Waals surface area (Å²) in [6, 6.07) is 10.4. The zero-order chi connectivity index (χ0) is 12.6. The molecule has 0 aromatic heterocycles. The Morgan fingerprint density at radius 3 is 2.11 bits per heavy atom. The van der Waals surface area contributed by atoms with Crippen LogP contribution in [0.15, 0.2) is 30.3 Å². The molecule has 0 heterocycles. The Kier molecular flexibility index (Phi) is 5.44. The maximum Gasteiger partial charge on any atom is 0.140 e. The van der Waals surface area contributed by atoms with Gasteiger partial charge in [-0.15, -0.1) is 0 Å². The lowest BCUT2D eigenvalue weighted by Crippen LogP contribution is -2.12. The van der Waals surface area contributed by atoms with E-state index in [1.807, 2.05) is 18.2 Å². The van der Waals surface area contributed by atoms with Crippen LogP contribution in [0.4, 0.5) is 0 Å². The second kappa shape index (κ2) is 7.35. The number of hydrogen-bond donors (Lipinski definition) is 0. The van der Waals surface area contributed by atoms with Crippen molar-refractivity contribution in [1.29, 1.82) is 0 Å². The molecule has 1 fully saturated rings. The molecule has 0 amide bonds. The lowest BCUT2D eigenvalue weighted by molar-refractivity contribution is -0.120. The molecule has 1 saturated carbocycles. The molecule has 0 aliphatic heterocycles. The van der Waals surface area contributed by atoms with E-state index in [9.17, 15) is 4.79 Å². The van der Waals surface area contributed by atoms with Crippen LogP contribution >= 0.6 is 0 Å². The molecule has 0 bridgehead atoms. The fourth-order valence-electron chi connectivity index (χ4n) is 2.90. The molecule has 1 unspecified atom stereocenters. The summed E-state index contributed by atoms with van der Waals surface area (Å²) < 4.78 is 0. The van der Waals surface area contributed by atoms with Crippen molar-refractivity contribution >= 4 is 5.78 Å². The highest BCUT2D eigenvalue weighted by molar-refractivity contribution is 5.85. The van der Waals surface area contributed by atoms with Gasteiger partial charge < -0.3 is 0 Å². The van der Waals surface area contributed by atoms with E-state index in [0.717, 1.165) is 19.3 Å². The molecule has 2 rings (SSSR count). The Bertz CT molecular complexity index is 355. The summed E-state index contributed by atoms with van der Waals surface area (Å²) in [4.78, 5) is 12.3. The first-order valence-corrected chi connectivity index (χ1v) is 7.45.